The van der Waals surface area contributed by atoms with Crippen LogP contribution in [0.15, 0.2) is 53.1 Å². The lowest BCUT2D eigenvalue weighted by molar-refractivity contribution is -0.123. The zero-order valence-electron chi connectivity index (χ0n) is 17.2. The van der Waals surface area contributed by atoms with Crippen molar-refractivity contribution in [1.29, 1.82) is 0 Å². The van der Waals surface area contributed by atoms with Crippen LogP contribution in [0.3, 0.4) is 0 Å². The van der Waals surface area contributed by atoms with Crippen molar-refractivity contribution in [2.24, 2.45) is 11.3 Å². The molecule has 2 saturated carbocycles. The van der Waals surface area contributed by atoms with E-state index in [4.69, 9.17) is 4.42 Å². The van der Waals surface area contributed by atoms with Crippen molar-refractivity contribution < 1.29 is 9.21 Å². The first-order chi connectivity index (χ1) is 14.2. The second kappa shape index (κ2) is 7.64. The number of likely N-dealkylation sites (tertiary alicyclic amines) is 1. The van der Waals surface area contributed by atoms with E-state index >= 15 is 0 Å². The zero-order chi connectivity index (χ0) is 19.7. The third kappa shape index (κ3) is 3.75. The van der Waals surface area contributed by atoms with Crippen molar-refractivity contribution in [2.75, 3.05) is 19.6 Å². The maximum absolute atomic E-state index is 13.0. The molecule has 1 aliphatic heterocycles. The minimum absolute atomic E-state index is 0.144. The molecule has 5 rings (SSSR count). The topological polar surface area (TPSA) is 45.5 Å². The quantitative estimate of drug-likeness (QED) is 0.787. The van der Waals surface area contributed by atoms with Gasteiger partial charge < -0.3 is 9.73 Å². The van der Waals surface area contributed by atoms with E-state index in [2.05, 4.69) is 40.5 Å². The summed E-state index contributed by atoms with van der Waals surface area (Å²) in [5.41, 5.74) is 1.81. The first-order valence-electron chi connectivity index (χ1n) is 11.3. The molecule has 1 spiro atoms. The number of carbonyl (C=O) groups excluding carboxylic acids is 1. The lowest BCUT2D eigenvalue weighted by atomic mass is 9.78. The van der Waals surface area contributed by atoms with Crippen LogP contribution < -0.4 is 5.32 Å². The smallest absolute Gasteiger partial charge is 0.223 e. The summed E-state index contributed by atoms with van der Waals surface area (Å²) in [6, 6.07) is 14.8. The van der Waals surface area contributed by atoms with Crippen molar-refractivity contribution in [1.82, 2.24) is 10.2 Å². The fourth-order valence-corrected chi connectivity index (χ4v) is 5.84. The molecule has 1 amide bonds. The van der Waals surface area contributed by atoms with E-state index in [0.29, 0.717) is 5.91 Å². The van der Waals surface area contributed by atoms with Gasteiger partial charge in [-0.15, -0.1) is 0 Å². The molecular weight excluding hydrogens is 360 g/mol. The minimum Gasteiger partial charge on any atom is -0.468 e. The highest BCUT2D eigenvalue weighted by Crippen LogP contribution is 2.59. The SMILES string of the molecule is O=C(NCC1(c2ccccc2)CCCC1)C1CC12CCN(Cc1ccco1)CC2. The Hall–Kier alpha value is -2.07. The molecule has 3 aliphatic rings. The van der Waals surface area contributed by atoms with Gasteiger partial charge in [-0.3, -0.25) is 9.69 Å². The Balaban J connectivity index is 1.15. The number of piperidine rings is 1. The summed E-state index contributed by atoms with van der Waals surface area (Å²) in [6.07, 6.45) is 10.0. The summed E-state index contributed by atoms with van der Waals surface area (Å²) >= 11 is 0. The first kappa shape index (κ1) is 18.9. The Morgan fingerprint density at radius 3 is 2.48 bits per heavy atom. The molecule has 1 atom stereocenters. The highest BCUT2D eigenvalue weighted by atomic mass is 16.3. The molecule has 1 N–H and O–H groups in total. The van der Waals surface area contributed by atoms with Crippen molar-refractivity contribution in [3.63, 3.8) is 0 Å². The molecule has 4 nitrogen and oxygen atoms in total. The number of furan rings is 1. The Labute approximate surface area is 173 Å². The number of amides is 1. The second-order valence-electron chi connectivity index (χ2n) is 9.55. The van der Waals surface area contributed by atoms with Gasteiger partial charge in [0, 0.05) is 17.9 Å². The highest BCUT2D eigenvalue weighted by molar-refractivity contribution is 5.82. The van der Waals surface area contributed by atoms with Crippen LogP contribution in [0.2, 0.25) is 0 Å². The van der Waals surface area contributed by atoms with Gasteiger partial charge in [0.15, 0.2) is 0 Å². The maximum atomic E-state index is 13.0. The van der Waals surface area contributed by atoms with Crippen molar-refractivity contribution in [3.05, 3.63) is 60.1 Å². The lowest BCUT2D eigenvalue weighted by Gasteiger charge is -2.33. The van der Waals surface area contributed by atoms with Crippen molar-refractivity contribution in [2.45, 2.75) is 56.9 Å². The molecule has 1 saturated heterocycles. The van der Waals surface area contributed by atoms with Gasteiger partial charge in [-0.1, -0.05) is 43.2 Å². The Kier molecular flexibility index (Phi) is 4.99. The van der Waals surface area contributed by atoms with Crippen LogP contribution in [0, 0.1) is 11.3 Å². The Morgan fingerprint density at radius 1 is 1.03 bits per heavy atom. The average Bonchev–Trinajstić information content (AvgIpc) is 3.12. The highest BCUT2D eigenvalue weighted by Gasteiger charge is 2.58. The summed E-state index contributed by atoms with van der Waals surface area (Å²) < 4.78 is 5.48. The van der Waals surface area contributed by atoms with Crippen molar-refractivity contribution >= 4 is 5.91 Å². The predicted molar refractivity (Wildman–Crippen MR) is 113 cm³/mol. The number of nitrogens with one attached hydrogen (secondary N) is 1. The zero-order valence-corrected chi connectivity index (χ0v) is 17.2. The molecule has 29 heavy (non-hydrogen) atoms. The number of hydrogen-bond acceptors (Lipinski definition) is 3. The van der Waals surface area contributed by atoms with Crippen LogP contribution in [0.4, 0.5) is 0 Å². The Bertz CT molecular complexity index is 816. The van der Waals surface area contributed by atoms with Crippen LogP contribution >= 0.6 is 0 Å². The predicted octanol–water partition coefficient (Wildman–Crippen LogP) is 4.51. The molecule has 1 unspecified atom stereocenters. The largest absolute Gasteiger partial charge is 0.468 e. The minimum atomic E-state index is 0.144. The third-order valence-electron chi connectivity index (χ3n) is 7.87. The fourth-order valence-electron chi connectivity index (χ4n) is 5.84. The number of nitrogens with zero attached hydrogens (tertiary/aromatic N) is 1. The van der Waals surface area contributed by atoms with Gasteiger partial charge in [-0.25, -0.2) is 0 Å². The molecule has 1 aromatic heterocycles. The Morgan fingerprint density at radius 2 is 1.79 bits per heavy atom. The number of hydrogen-bond donors (Lipinski definition) is 1. The summed E-state index contributed by atoms with van der Waals surface area (Å²) in [7, 11) is 0. The lowest BCUT2D eigenvalue weighted by Crippen LogP contribution is -2.41. The van der Waals surface area contributed by atoms with Crippen LogP contribution in [-0.4, -0.2) is 30.4 Å². The second-order valence-corrected chi connectivity index (χ2v) is 9.55. The van der Waals surface area contributed by atoms with Crippen LogP contribution in [0.1, 0.15) is 56.3 Å². The third-order valence-corrected chi connectivity index (χ3v) is 7.87. The molecule has 2 heterocycles. The molecule has 2 aliphatic carbocycles. The van der Waals surface area contributed by atoms with Gasteiger partial charge in [0.25, 0.3) is 0 Å². The van der Waals surface area contributed by atoms with E-state index in [1.807, 2.05) is 12.1 Å². The van der Waals surface area contributed by atoms with Gasteiger partial charge >= 0.3 is 0 Å². The molecular formula is C25H32N2O2. The molecule has 1 aromatic carbocycles. The number of rotatable bonds is 6. The maximum Gasteiger partial charge on any atom is 0.223 e. The van der Waals surface area contributed by atoms with E-state index in [0.717, 1.165) is 51.2 Å². The molecule has 0 radical (unpaired) electrons. The summed E-state index contributed by atoms with van der Waals surface area (Å²) in [6.45, 7) is 3.82. The molecule has 3 fully saturated rings. The fraction of sp³-hybridized carbons (Fsp3) is 0.560. The van der Waals surface area contributed by atoms with Crippen molar-refractivity contribution in [3.8, 4) is 0 Å². The van der Waals surface area contributed by atoms with Crippen LogP contribution in [0.25, 0.3) is 0 Å². The average molecular weight is 393 g/mol. The van der Waals surface area contributed by atoms with Crippen LogP contribution in [-0.2, 0) is 16.8 Å². The molecule has 154 valence electrons. The van der Waals surface area contributed by atoms with Gasteiger partial charge in [-0.2, -0.15) is 0 Å². The van der Waals surface area contributed by atoms with E-state index in [1.54, 1.807) is 6.26 Å². The normalized spacial score (nSPS) is 25.2. The number of carbonyl (C=O) groups is 1. The molecule has 2 aromatic rings. The summed E-state index contributed by atoms with van der Waals surface area (Å²) in [5, 5.41) is 3.38. The van der Waals surface area contributed by atoms with E-state index in [9.17, 15) is 4.79 Å². The summed E-state index contributed by atoms with van der Waals surface area (Å²) in [5.74, 6) is 1.56. The van der Waals surface area contributed by atoms with E-state index in [1.165, 1.54) is 31.2 Å². The number of benzene rings is 1. The molecule has 0 bridgehead atoms. The first-order valence-corrected chi connectivity index (χ1v) is 11.3. The summed E-state index contributed by atoms with van der Waals surface area (Å²) in [4.78, 5) is 15.5. The molecule has 4 heteroatoms. The van der Waals surface area contributed by atoms with Gasteiger partial charge in [-0.05, 0) is 68.3 Å². The standard InChI is InChI=1S/C25H32N2O2/c28-23(26-19-25(10-4-5-11-25)20-7-2-1-3-8-20)22-17-24(22)12-14-27(15-13-24)18-21-9-6-16-29-21/h1-3,6-9,16,22H,4-5,10-15,17-19H2,(H,26,28). The van der Waals surface area contributed by atoms with Gasteiger partial charge in [0.2, 0.25) is 5.91 Å². The van der Waals surface area contributed by atoms with Crippen LogP contribution in [0.5, 0.6) is 0 Å². The van der Waals surface area contributed by atoms with E-state index < -0.39 is 0 Å². The van der Waals surface area contributed by atoms with Gasteiger partial charge in [0.1, 0.15) is 5.76 Å². The van der Waals surface area contributed by atoms with Gasteiger partial charge in [0.05, 0.1) is 12.8 Å². The monoisotopic (exact) mass is 392 g/mol. The van der Waals surface area contributed by atoms with E-state index in [-0.39, 0.29) is 16.7 Å².